The minimum Gasteiger partial charge on any atom is -0.516 e. The van der Waals surface area contributed by atoms with E-state index in [1.165, 1.54) is 0 Å². The third-order valence-electron chi connectivity index (χ3n) is 1.50. The van der Waals surface area contributed by atoms with E-state index in [1.54, 1.807) is 18.2 Å². The summed E-state index contributed by atoms with van der Waals surface area (Å²) in [7, 11) is 0. The molecule has 0 aliphatic carbocycles. The molecule has 0 spiro atoms. The van der Waals surface area contributed by atoms with E-state index < -0.39 is 0 Å². The smallest absolute Gasteiger partial charge is 0.130 e. The van der Waals surface area contributed by atoms with Crippen LogP contribution < -0.4 is 0 Å². The lowest BCUT2D eigenvalue weighted by molar-refractivity contribution is 0.468. The number of phenolic OH excluding ortho intramolecular Hbond substituents is 1. The maximum absolute atomic E-state index is 9.27. The number of aliphatic hydroxyl groups excluding tert-OH is 1. The Kier molecular flexibility index (Phi) is 3.17. The molecule has 0 aliphatic heterocycles. The zero-order valence-corrected chi connectivity index (χ0v) is 7.95. The van der Waals surface area contributed by atoms with Crippen molar-refractivity contribution in [2.45, 2.75) is 6.42 Å². The van der Waals surface area contributed by atoms with Crippen molar-refractivity contribution in [3.63, 3.8) is 0 Å². The first kappa shape index (κ1) is 9.13. The molecule has 1 aromatic rings. The second kappa shape index (κ2) is 4.16. The van der Waals surface area contributed by atoms with Crippen molar-refractivity contribution in [3.8, 4) is 5.75 Å². The molecule has 12 heavy (non-hydrogen) atoms. The first-order chi connectivity index (χ1) is 5.75. The van der Waals surface area contributed by atoms with Crippen LogP contribution in [0, 0.1) is 0 Å². The average Bonchev–Trinajstić information content (AvgIpc) is 2.08. The molecular weight excluding hydrogens is 220 g/mol. The van der Waals surface area contributed by atoms with Crippen LogP contribution in [-0.2, 0) is 6.42 Å². The second-order valence-corrected chi connectivity index (χ2v) is 3.13. The molecule has 0 saturated carbocycles. The van der Waals surface area contributed by atoms with Crippen molar-refractivity contribution in [1.82, 2.24) is 0 Å². The van der Waals surface area contributed by atoms with Gasteiger partial charge in [0.25, 0.3) is 0 Å². The van der Waals surface area contributed by atoms with Gasteiger partial charge in [0.05, 0.1) is 10.7 Å². The zero-order chi connectivity index (χ0) is 8.97. The minimum absolute atomic E-state index is 0.221. The molecule has 0 aromatic heterocycles. The normalized spacial score (nSPS) is 10.8. The standard InChI is InChI=1S/C9H9BrO2/c10-9-7(4-2-6-11)3-1-5-8(9)12/h1-3,5-6,11-12H,4H2. The van der Waals surface area contributed by atoms with Crippen LogP contribution in [0.25, 0.3) is 0 Å². The summed E-state index contributed by atoms with van der Waals surface area (Å²) >= 11 is 3.24. The van der Waals surface area contributed by atoms with Gasteiger partial charge in [-0.15, -0.1) is 0 Å². The maximum Gasteiger partial charge on any atom is 0.130 e. The minimum atomic E-state index is 0.221. The fourth-order valence-electron chi connectivity index (χ4n) is 0.904. The highest BCUT2D eigenvalue weighted by Gasteiger charge is 2.01. The molecule has 0 fully saturated rings. The Morgan fingerprint density at radius 3 is 2.83 bits per heavy atom. The van der Waals surface area contributed by atoms with Gasteiger partial charge < -0.3 is 10.2 Å². The van der Waals surface area contributed by atoms with Gasteiger partial charge in [0, 0.05) is 0 Å². The number of halogens is 1. The molecule has 0 aliphatic rings. The summed E-state index contributed by atoms with van der Waals surface area (Å²) in [5.74, 6) is 0.221. The summed E-state index contributed by atoms with van der Waals surface area (Å²) in [5, 5.41) is 17.7. The number of aromatic hydroxyl groups is 1. The Hall–Kier alpha value is -0.960. The Bertz CT molecular complexity index is 295. The molecule has 2 nitrogen and oxygen atoms in total. The van der Waals surface area contributed by atoms with Gasteiger partial charge in [-0.1, -0.05) is 12.1 Å². The van der Waals surface area contributed by atoms with E-state index in [0.717, 1.165) is 11.8 Å². The van der Waals surface area contributed by atoms with E-state index in [-0.39, 0.29) is 5.75 Å². The lowest BCUT2D eigenvalue weighted by Crippen LogP contribution is -1.83. The highest BCUT2D eigenvalue weighted by molar-refractivity contribution is 9.10. The number of aliphatic hydroxyl groups is 1. The number of phenols is 1. The van der Waals surface area contributed by atoms with Crippen molar-refractivity contribution in [2.75, 3.05) is 0 Å². The van der Waals surface area contributed by atoms with Crippen LogP contribution in [0.1, 0.15) is 5.56 Å². The first-order valence-electron chi connectivity index (χ1n) is 3.51. The number of hydrogen-bond acceptors (Lipinski definition) is 2. The quantitative estimate of drug-likeness (QED) is 0.765. The van der Waals surface area contributed by atoms with E-state index in [1.807, 2.05) is 6.07 Å². The topological polar surface area (TPSA) is 40.5 Å². The number of rotatable bonds is 2. The summed E-state index contributed by atoms with van der Waals surface area (Å²) in [4.78, 5) is 0. The summed E-state index contributed by atoms with van der Waals surface area (Å²) in [6.07, 6.45) is 3.21. The maximum atomic E-state index is 9.27. The highest BCUT2D eigenvalue weighted by Crippen LogP contribution is 2.27. The van der Waals surface area contributed by atoms with Crippen LogP contribution in [0.2, 0.25) is 0 Å². The van der Waals surface area contributed by atoms with E-state index in [2.05, 4.69) is 15.9 Å². The lowest BCUT2D eigenvalue weighted by Gasteiger charge is -2.01. The van der Waals surface area contributed by atoms with Gasteiger partial charge in [-0.2, -0.15) is 0 Å². The van der Waals surface area contributed by atoms with Crippen molar-refractivity contribution in [1.29, 1.82) is 0 Å². The van der Waals surface area contributed by atoms with Crippen LogP contribution in [0.4, 0.5) is 0 Å². The molecule has 1 aromatic carbocycles. The summed E-state index contributed by atoms with van der Waals surface area (Å²) in [6, 6.07) is 5.25. The Morgan fingerprint density at radius 1 is 1.42 bits per heavy atom. The third-order valence-corrected chi connectivity index (χ3v) is 2.42. The van der Waals surface area contributed by atoms with Crippen LogP contribution >= 0.6 is 15.9 Å². The molecule has 0 atom stereocenters. The van der Waals surface area contributed by atoms with Crippen LogP contribution in [-0.4, -0.2) is 10.2 Å². The Balaban J connectivity index is 2.92. The van der Waals surface area contributed by atoms with Crippen LogP contribution in [0.3, 0.4) is 0 Å². The van der Waals surface area contributed by atoms with Crippen molar-refractivity contribution >= 4 is 15.9 Å². The fourth-order valence-corrected chi connectivity index (χ4v) is 1.33. The van der Waals surface area contributed by atoms with Gasteiger partial charge in [-0.3, -0.25) is 0 Å². The first-order valence-corrected chi connectivity index (χ1v) is 4.30. The van der Waals surface area contributed by atoms with Crippen molar-refractivity contribution in [3.05, 3.63) is 40.6 Å². The second-order valence-electron chi connectivity index (χ2n) is 2.34. The molecule has 2 N–H and O–H groups in total. The average molecular weight is 229 g/mol. The Labute approximate surface area is 79.3 Å². The van der Waals surface area contributed by atoms with E-state index in [4.69, 9.17) is 5.11 Å². The number of allylic oxidation sites excluding steroid dienone is 1. The van der Waals surface area contributed by atoms with Crippen LogP contribution in [0.15, 0.2) is 35.0 Å². The van der Waals surface area contributed by atoms with Gasteiger partial charge in [0.2, 0.25) is 0 Å². The summed E-state index contributed by atoms with van der Waals surface area (Å²) < 4.78 is 0.683. The predicted molar refractivity (Wildman–Crippen MR) is 51.3 cm³/mol. The number of hydrogen-bond donors (Lipinski definition) is 2. The molecule has 64 valence electrons. The molecule has 3 heteroatoms. The molecule has 0 amide bonds. The van der Waals surface area contributed by atoms with E-state index in [9.17, 15) is 5.11 Å². The monoisotopic (exact) mass is 228 g/mol. The van der Waals surface area contributed by atoms with Crippen molar-refractivity contribution in [2.24, 2.45) is 0 Å². The zero-order valence-electron chi connectivity index (χ0n) is 6.37. The predicted octanol–water partition coefficient (Wildman–Crippen LogP) is 2.77. The van der Waals surface area contributed by atoms with Gasteiger partial charge in [-0.05, 0) is 40.1 Å². The number of benzene rings is 1. The largest absolute Gasteiger partial charge is 0.516 e. The highest BCUT2D eigenvalue weighted by atomic mass is 79.9. The van der Waals surface area contributed by atoms with E-state index in [0.29, 0.717) is 10.9 Å². The van der Waals surface area contributed by atoms with Gasteiger partial charge in [-0.25, -0.2) is 0 Å². The molecule has 1 rings (SSSR count). The SMILES string of the molecule is OC=CCc1cccc(O)c1Br. The third kappa shape index (κ3) is 2.01. The molecule has 0 heterocycles. The summed E-state index contributed by atoms with van der Waals surface area (Å²) in [5.41, 5.74) is 0.945. The summed E-state index contributed by atoms with van der Waals surface area (Å²) in [6.45, 7) is 0. The molecule has 0 saturated heterocycles. The fraction of sp³-hybridized carbons (Fsp3) is 0.111. The van der Waals surface area contributed by atoms with Gasteiger partial charge in [0.15, 0.2) is 0 Å². The molecule has 0 radical (unpaired) electrons. The molecule has 0 bridgehead atoms. The van der Waals surface area contributed by atoms with Crippen molar-refractivity contribution < 1.29 is 10.2 Å². The van der Waals surface area contributed by atoms with Gasteiger partial charge >= 0.3 is 0 Å². The Morgan fingerprint density at radius 2 is 2.17 bits per heavy atom. The van der Waals surface area contributed by atoms with Crippen LogP contribution in [0.5, 0.6) is 5.75 Å². The lowest BCUT2D eigenvalue weighted by atomic mass is 10.1. The molecular formula is C9H9BrO2. The molecule has 0 unspecified atom stereocenters. The van der Waals surface area contributed by atoms with E-state index >= 15 is 0 Å². The van der Waals surface area contributed by atoms with Gasteiger partial charge in [0.1, 0.15) is 5.75 Å².